The fraction of sp³-hybridized carbons (Fsp3) is 0.316. The molecule has 0 bridgehead atoms. The highest BCUT2D eigenvalue weighted by atomic mass is 32.2. The Labute approximate surface area is 191 Å². The van der Waals surface area contributed by atoms with Crippen LogP contribution in [0.15, 0.2) is 11.2 Å². The van der Waals surface area contributed by atoms with Crippen molar-refractivity contribution >= 4 is 35.1 Å². The van der Waals surface area contributed by atoms with Crippen LogP contribution in [0.2, 0.25) is 0 Å². The number of aromatic nitrogens is 2. The molecule has 0 spiro atoms. The van der Waals surface area contributed by atoms with E-state index >= 15 is 0 Å². The van der Waals surface area contributed by atoms with Gasteiger partial charge in [0.05, 0.1) is 16.2 Å². The molecule has 2 aromatic rings. The number of nitriles is 1. The Hall–Kier alpha value is -4.12. The third kappa shape index (κ3) is 5.77. The van der Waals surface area contributed by atoms with Crippen LogP contribution in [0.3, 0.4) is 0 Å². The number of thioether (sulfide) groups is 1. The highest BCUT2D eigenvalue weighted by Crippen LogP contribution is 2.40. The van der Waals surface area contributed by atoms with Crippen LogP contribution in [0.4, 0.5) is 11.4 Å². The molecule has 0 amide bonds. The van der Waals surface area contributed by atoms with Gasteiger partial charge in [0.1, 0.15) is 11.8 Å². The Morgan fingerprint density at radius 1 is 1.33 bits per heavy atom. The second-order valence-electron chi connectivity index (χ2n) is 6.62. The minimum absolute atomic E-state index is 0.0241. The lowest BCUT2D eigenvalue weighted by molar-refractivity contribution is -0.387. The summed E-state index contributed by atoms with van der Waals surface area (Å²) in [5.41, 5.74) is 6.29. The Kier molecular flexibility index (Phi) is 7.97. The first kappa shape index (κ1) is 25.1. The highest BCUT2D eigenvalue weighted by Gasteiger charge is 2.33. The molecule has 0 aliphatic heterocycles. The van der Waals surface area contributed by atoms with Crippen molar-refractivity contribution in [1.29, 1.82) is 5.26 Å². The van der Waals surface area contributed by atoms with E-state index < -0.39 is 53.3 Å². The average molecular weight is 477 g/mol. The molecule has 0 aliphatic carbocycles. The number of carbonyl (C=O) groups is 2. The Bertz CT molecular complexity index is 1160. The van der Waals surface area contributed by atoms with Crippen LogP contribution >= 0.6 is 11.8 Å². The van der Waals surface area contributed by atoms with E-state index in [9.17, 15) is 30.1 Å². The van der Waals surface area contributed by atoms with Crippen molar-refractivity contribution in [3.05, 3.63) is 32.9 Å². The molecule has 0 saturated heterocycles. The van der Waals surface area contributed by atoms with Crippen molar-refractivity contribution in [3.63, 3.8) is 0 Å². The fourth-order valence-electron chi connectivity index (χ4n) is 2.69. The SMILES string of the molecule is CSc1nc(Oc2cc(C)c(C#N)c(N)c2C)c([N+](=O)[O-])c(OC(CCC(=O)O)C(=O)O)n1. The van der Waals surface area contributed by atoms with Gasteiger partial charge in [-0.25, -0.2) is 4.79 Å². The number of aliphatic carboxylic acids is 2. The van der Waals surface area contributed by atoms with E-state index in [0.29, 0.717) is 11.1 Å². The summed E-state index contributed by atoms with van der Waals surface area (Å²) in [6.07, 6.45) is -1.14. The van der Waals surface area contributed by atoms with E-state index in [-0.39, 0.29) is 22.2 Å². The predicted octanol–water partition coefficient (Wildman–Crippen LogP) is 2.67. The van der Waals surface area contributed by atoms with Crippen molar-refractivity contribution < 1.29 is 34.2 Å². The maximum Gasteiger partial charge on any atom is 0.392 e. The molecule has 4 N–H and O–H groups in total. The molecule has 13 nitrogen and oxygen atoms in total. The molecule has 174 valence electrons. The molecule has 2 rings (SSSR count). The average Bonchev–Trinajstić information content (AvgIpc) is 2.74. The van der Waals surface area contributed by atoms with Gasteiger partial charge < -0.3 is 25.4 Å². The van der Waals surface area contributed by atoms with Crippen molar-refractivity contribution in [2.45, 2.75) is 37.9 Å². The van der Waals surface area contributed by atoms with Gasteiger partial charge in [0.25, 0.3) is 0 Å². The third-order valence-electron chi connectivity index (χ3n) is 4.42. The largest absolute Gasteiger partial charge is 0.481 e. The summed E-state index contributed by atoms with van der Waals surface area (Å²) in [6, 6.07) is 3.43. The van der Waals surface area contributed by atoms with Gasteiger partial charge in [0.15, 0.2) is 11.3 Å². The van der Waals surface area contributed by atoms with Crippen LogP contribution in [-0.4, -0.2) is 49.4 Å². The topological polar surface area (TPSA) is 212 Å². The van der Waals surface area contributed by atoms with E-state index in [1.165, 1.54) is 6.07 Å². The number of carboxylic acids is 2. The fourth-order valence-corrected chi connectivity index (χ4v) is 3.04. The van der Waals surface area contributed by atoms with E-state index in [2.05, 4.69) is 9.97 Å². The minimum atomic E-state index is -1.72. The van der Waals surface area contributed by atoms with Crippen LogP contribution in [0.5, 0.6) is 17.5 Å². The van der Waals surface area contributed by atoms with Crippen molar-refractivity contribution in [1.82, 2.24) is 9.97 Å². The molecule has 0 saturated carbocycles. The van der Waals surface area contributed by atoms with Crippen LogP contribution in [0.25, 0.3) is 0 Å². The number of hydrogen-bond donors (Lipinski definition) is 3. The van der Waals surface area contributed by atoms with Gasteiger partial charge in [0, 0.05) is 18.4 Å². The van der Waals surface area contributed by atoms with Crippen molar-refractivity contribution in [2.75, 3.05) is 12.0 Å². The van der Waals surface area contributed by atoms with Gasteiger partial charge in [-0.2, -0.15) is 15.2 Å². The standard InChI is InChI=1S/C19H19N5O8S/c1-8-6-12(9(2)14(21)10(8)7-20)32-17-15(24(29)30)16(22-19(23-17)33-3)31-11(18(27)28)4-5-13(25)26/h6,11H,4-5,21H2,1-3H3,(H,25,26)(H,27,28). The number of benzene rings is 1. The molecule has 0 fully saturated rings. The van der Waals surface area contributed by atoms with E-state index in [1.807, 2.05) is 6.07 Å². The number of aryl methyl sites for hydroxylation is 1. The van der Waals surface area contributed by atoms with E-state index in [0.717, 1.165) is 11.8 Å². The molecular formula is C19H19N5O8S. The summed E-state index contributed by atoms with van der Waals surface area (Å²) in [4.78, 5) is 41.1. The summed E-state index contributed by atoms with van der Waals surface area (Å²) in [5.74, 6) is -3.93. The maximum absolute atomic E-state index is 11.8. The van der Waals surface area contributed by atoms with Crippen LogP contribution < -0.4 is 15.2 Å². The Morgan fingerprint density at radius 2 is 1.97 bits per heavy atom. The molecule has 14 heteroatoms. The summed E-state index contributed by atoms with van der Waals surface area (Å²) < 4.78 is 10.9. The number of nitrogens with two attached hydrogens (primary N) is 1. The zero-order chi connectivity index (χ0) is 24.9. The lowest BCUT2D eigenvalue weighted by Gasteiger charge is -2.16. The number of anilines is 1. The summed E-state index contributed by atoms with van der Waals surface area (Å²) >= 11 is 0.984. The van der Waals surface area contributed by atoms with Crippen molar-refractivity contribution in [3.8, 4) is 23.6 Å². The molecule has 0 radical (unpaired) electrons. The zero-order valence-electron chi connectivity index (χ0n) is 17.7. The summed E-state index contributed by atoms with van der Waals surface area (Å²) in [5, 5.41) is 39.2. The van der Waals surface area contributed by atoms with Gasteiger partial charge in [-0.15, -0.1) is 0 Å². The Morgan fingerprint density at radius 3 is 2.48 bits per heavy atom. The Balaban J connectivity index is 2.61. The number of nitro groups is 1. The first-order valence-corrected chi connectivity index (χ1v) is 10.4. The first-order chi connectivity index (χ1) is 15.5. The highest BCUT2D eigenvalue weighted by molar-refractivity contribution is 7.98. The van der Waals surface area contributed by atoms with Gasteiger partial charge in [-0.05, 0) is 31.7 Å². The van der Waals surface area contributed by atoms with Crippen LogP contribution in [0.1, 0.15) is 29.5 Å². The number of rotatable bonds is 10. The second-order valence-corrected chi connectivity index (χ2v) is 7.40. The molecule has 1 atom stereocenters. The van der Waals surface area contributed by atoms with Crippen LogP contribution in [-0.2, 0) is 9.59 Å². The van der Waals surface area contributed by atoms with Gasteiger partial charge >= 0.3 is 29.4 Å². The number of ether oxygens (including phenoxy) is 2. The second kappa shape index (κ2) is 10.5. The number of nitrogens with zero attached hydrogens (tertiary/aromatic N) is 4. The predicted molar refractivity (Wildman–Crippen MR) is 115 cm³/mol. The normalized spacial score (nSPS) is 11.3. The molecular weight excluding hydrogens is 458 g/mol. The number of carboxylic acid groups (broad SMARTS) is 2. The molecule has 1 aromatic heterocycles. The third-order valence-corrected chi connectivity index (χ3v) is 4.97. The lowest BCUT2D eigenvalue weighted by Crippen LogP contribution is -2.28. The molecule has 33 heavy (non-hydrogen) atoms. The van der Waals surface area contributed by atoms with Crippen LogP contribution in [0, 0.1) is 35.3 Å². The lowest BCUT2D eigenvalue weighted by atomic mass is 10.0. The van der Waals surface area contributed by atoms with Crippen molar-refractivity contribution in [2.24, 2.45) is 0 Å². The number of nitrogen functional groups attached to an aromatic ring is 1. The molecule has 0 aliphatic rings. The quantitative estimate of drug-likeness (QED) is 0.148. The zero-order valence-corrected chi connectivity index (χ0v) is 18.5. The molecule has 1 aromatic carbocycles. The van der Waals surface area contributed by atoms with Gasteiger partial charge in [0.2, 0.25) is 0 Å². The summed E-state index contributed by atoms with van der Waals surface area (Å²) in [7, 11) is 0. The van der Waals surface area contributed by atoms with E-state index in [4.69, 9.17) is 20.3 Å². The first-order valence-electron chi connectivity index (χ1n) is 9.19. The monoisotopic (exact) mass is 477 g/mol. The summed E-state index contributed by atoms with van der Waals surface area (Å²) in [6.45, 7) is 3.16. The van der Waals surface area contributed by atoms with Gasteiger partial charge in [-0.3, -0.25) is 14.9 Å². The maximum atomic E-state index is 11.8. The van der Waals surface area contributed by atoms with Gasteiger partial charge in [-0.1, -0.05) is 11.8 Å². The smallest absolute Gasteiger partial charge is 0.392 e. The number of hydrogen-bond acceptors (Lipinski definition) is 11. The molecule has 1 unspecified atom stereocenters. The molecule has 1 heterocycles. The minimum Gasteiger partial charge on any atom is -0.481 e. The van der Waals surface area contributed by atoms with E-state index in [1.54, 1.807) is 20.1 Å².